The monoisotopic (exact) mass is 788 g/mol. The molecule has 1 aliphatic carbocycles. The fourth-order valence-corrected chi connectivity index (χ4v) is 5.16. The summed E-state index contributed by atoms with van der Waals surface area (Å²) < 4.78 is 61.6. The van der Waals surface area contributed by atoms with Crippen LogP contribution in [0.1, 0.15) is 42.1 Å². The molecule has 0 aliphatic heterocycles. The average Bonchev–Trinajstić information content (AvgIpc) is 3.90. The third-order valence-corrected chi connectivity index (χ3v) is 8.05. The van der Waals surface area contributed by atoms with E-state index in [1.807, 2.05) is 12.1 Å². The first kappa shape index (κ1) is 40.0. The van der Waals surface area contributed by atoms with Gasteiger partial charge in [-0.15, -0.1) is 0 Å². The Morgan fingerprint density at radius 2 is 1.62 bits per heavy atom. The topological polar surface area (TPSA) is 206 Å². The van der Waals surface area contributed by atoms with Crippen LogP contribution in [-0.2, 0) is 19.9 Å². The van der Waals surface area contributed by atoms with Gasteiger partial charge in [0.25, 0.3) is 5.91 Å². The first-order chi connectivity index (χ1) is 26.1. The van der Waals surface area contributed by atoms with Crippen LogP contribution >= 0.6 is 11.6 Å². The molecular weight excluding hydrogens is 756 g/mol. The number of rotatable bonds is 16. The summed E-state index contributed by atoms with van der Waals surface area (Å²) in [5, 5.41) is 23.1. The minimum absolute atomic E-state index is 0.0411. The van der Waals surface area contributed by atoms with E-state index in [1.54, 1.807) is 12.1 Å². The van der Waals surface area contributed by atoms with Crippen molar-refractivity contribution < 1.29 is 51.3 Å². The number of amides is 3. The largest absolute Gasteiger partial charge is 0.480 e. The van der Waals surface area contributed by atoms with Crippen molar-refractivity contribution in [3.05, 3.63) is 88.9 Å². The van der Waals surface area contributed by atoms with E-state index in [2.05, 4.69) is 41.5 Å². The second kappa shape index (κ2) is 17.3. The molecule has 1 saturated carbocycles. The Morgan fingerprint density at radius 1 is 0.927 bits per heavy atom. The van der Waals surface area contributed by atoms with Crippen molar-refractivity contribution in [1.29, 1.82) is 0 Å². The molecule has 0 bridgehead atoms. The first-order valence-corrected chi connectivity index (χ1v) is 16.9. The third-order valence-electron chi connectivity index (χ3n) is 7.80. The number of nitrogens with zero attached hydrogens (tertiary/aromatic N) is 3. The van der Waals surface area contributed by atoms with E-state index in [9.17, 15) is 41.8 Å². The maximum absolute atomic E-state index is 13.1. The lowest BCUT2D eigenvalue weighted by atomic mass is 10.1. The summed E-state index contributed by atoms with van der Waals surface area (Å²) in [4.78, 5) is 61.6. The highest BCUT2D eigenvalue weighted by Crippen LogP contribution is 2.48. The second-order valence-electron chi connectivity index (χ2n) is 12.1. The van der Waals surface area contributed by atoms with Gasteiger partial charge >= 0.3 is 30.0 Å². The fraction of sp³-hybridized carbons (Fsp3) is 0.286. The zero-order valence-electron chi connectivity index (χ0n) is 28.7. The van der Waals surface area contributed by atoms with Gasteiger partial charge in [0.1, 0.15) is 11.8 Å². The van der Waals surface area contributed by atoms with Crippen LogP contribution in [0.2, 0.25) is 5.02 Å². The molecule has 1 aromatic heterocycles. The lowest BCUT2D eigenvalue weighted by molar-refractivity contribution is -0.154. The van der Waals surface area contributed by atoms with Crippen LogP contribution < -0.4 is 36.1 Å². The highest BCUT2D eigenvalue weighted by atomic mass is 35.5. The molecule has 55 heavy (non-hydrogen) atoms. The standard InChI is InChI=1S/C35H33ClF4N8O7/c1-19(37)55-25-4-2-3-24(17-25)42-29(51)28(50)41-16-13-26(30(52)53)44-27(49)20-5-11-23(12-6-20)43-31-45-32(47-33(46-31)54-18-35(38,39)40)48-34(14-15-34)21-7-9-22(36)10-8-21/h2-12,17,19,26H,13-16,18H2,1H3,(H,41,50)(H,42,51)(H,44,49)(H,52,53)(H2,43,45,46,47,48)/t19?,26-/m0/s1. The quantitative estimate of drug-likeness (QED) is 0.0630. The summed E-state index contributed by atoms with van der Waals surface area (Å²) in [6, 6.07) is 16.2. The molecular formula is C35H33ClF4N8O7. The molecule has 3 amide bonds. The van der Waals surface area contributed by atoms with Crippen LogP contribution in [0.25, 0.3) is 0 Å². The van der Waals surface area contributed by atoms with Gasteiger partial charge in [-0.1, -0.05) is 29.8 Å². The van der Waals surface area contributed by atoms with E-state index in [1.165, 1.54) is 55.5 Å². The van der Waals surface area contributed by atoms with Gasteiger partial charge in [-0.2, -0.15) is 28.1 Å². The van der Waals surface area contributed by atoms with E-state index in [4.69, 9.17) is 21.1 Å². The van der Waals surface area contributed by atoms with Crippen molar-refractivity contribution in [3.63, 3.8) is 0 Å². The van der Waals surface area contributed by atoms with Crippen LogP contribution in [-0.4, -0.2) is 75.5 Å². The summed E-state index contributed by atoms with van der Waals surface area (Å²) in [7, 11) is 0. The van der Waals surface area contributed by atoms with Gasteiger partial charge in [-0.3, -0.25) is 14.4 Å². The van der Waals surface area contributed by atoms with E-state index in [0.717, 1.165) is 5.56 Å². The SMILES string of the molecule is CC(F)Oc1cccc(NC(=O)C(=O)NCC[C@H](NC(=O)c2ccc(Nc3nc(NC4(c5ccc(Cl)cc5)CC4)nc(OCC(F)(F)F)n3)cc2)C(=O)O)c1. The Hall–Kier alpha value is -6.24. The van der Waals surface area contributed by atoms with Crippen molar-refractivity contribution in [2.24, 2.45) is 0 Å². The molecule has 1 heterocycles. The normalized spacial score (nSPS) is 14.1. The number of alkyl halides is 4. The molecule has 0 radical (unpaired) electrons. The maximum atomic E-state index is 13.1. The van der Waals surface area contributed by atoms with Crippen molar-refractivity contribution in [2.75, 3.05) is 29.1 Å². The van der Waals surface area contributed by atoms with Gasteiger partial charge in [0.15, 0.2) is 6.61 Å². The molecule has 0 spiro atoms. The van der Waals surface area contributed by atoms with Gasteiger partial charge in [0.2, 0.25) is 18.3 Å². The van der Waals surface area contributed by atoms with Gasteiger partial charge in [-0.25, -0.2) is 9.18 Å². The van der Waals surface area contributed by atoms with Crippen LogP contribution in [0, 0.1) is 0 Å². The van der Waals surface area contributed by atoms with Crippen LogP contribution in [0.15, 0.2) is 72.8 Å². The third kappa shape index (κ3) is 11.9. The van der Waals surface area contributed by atoms with Gasteiger partial charge < -0.3 is 41.2 Å². The number of hydrogen-bond donors (Lipinski definition) is 6. The minimum atomic E-state index is -4.66. The average molecular weight is 789 g/mol. The molecule has 1 fully saturated rings. The molecule has 0 saturated heterocycles. The number of carboxylic acid groups (broad SMARTS) is 1. The first-order valence-electron chi connectivity index (χ1n) is 16.5. The van der Waals surface area contributed by atoms with Crippen molar-refractivity contribution in [2.45, 2.75) is 50.3 Å². The molecule has 4 aromatic rings. The molecule has 1 unspecified atom stereocenters. The summed E-state index contributed by atoms with van der Waals surface area (Å²) in [6.45, 7) is -0.772. The van der Waals surface area contributed by atoms with E-state index in [-0.39, 0.29) is 41.9 Å². The Kier molecular flexibility index (Phi) is 12.5. The lowest BCUT2D eigenvalue weighted by Crippen LogP contribution is -2.44. The molecule has 2 atom stereocenters. The van der Waals surface area contributed by atoms with Gasteiger partial charge in [0.05, 0.1) is 5.54 Å². The maximum Gasteiger partial charge on any atom is 0.422 e. The number of hydrogen-bond acceptors (Lipinski definition) is 11. The number of ether oxygens (including phenoxy) is 2. The summed E-state index contributed by atoms with van der Waals surface area (Å²) >= 11 is 6.01. The minimum Gasteiger partial charge on any atom is -0.480 e. The summed E-state index contributed by atoms with van der Waals surface area (Å²) in [5.41, 5.74) is 0.799. The van der Waals surface area contributed by atoms with Crippen molar-refractivity contribution in [1.82, 2.24) is 25.6 Å². The highest BCUT2D eigenvalue weighted by Gasteiger charge is 2.45. The van der Waals surface area contributed by atoms with Gasteiger partial charge in [-0.05, 0) is 73.4 Å². The molecule has 20 heteroatoms. The number of carboxylic acids is 1. The van der Waals surface area contributed by atoms with E-state index in [0.29, 0.717) is 23.6 Å². The smallest absolute Gasteiger partial charge is 0.422 e. The Bertz CT molecular complexity index is 2020. The zero-order valence-corrected chi connectivity index (χ0v) is 29.5. The number of halogens is 5. The number of benzene rings is 3. The number of aliphatic carboxylic acids is 1. The fourth-order valence-electron chi connectivity index (χ4n) is 5.04. The molecule has 1 aliphatic rings. The second-order valence-corrected chi connectivity index (χ2v) is 12.6. The van der Waals surface area contributed by atoms with E-state index >= 15 is 0 Å². The Balaban J connectivity index is 1.17. The Morgan fingerprint density at radius 3 is 2.25 bits per heavy atom. The molecule has 5 rings (SSSR count). The lowest BCUT2D eigenvalue weighted by Gasteiger charge is -2.19. The number of aromatic nitrogens is 3. The van der Waals surface area contributed by atoms with Crippen LogP contribution in [0.3, 0.4) is 0 Å². The van der Waals surface area contributed by atoms with Crippen molar-refractivity contribution >= 4 is 58.6 Å². The molecule has 6 N–H and O–H groups in total. The highest BCUT2D eigenvalue weighted by molar-refractivity contribution is 6.39. The molecule has 15 nitrogen and oxygen atoms in total. The van der Waals surface area contributed by atoms with Crippen LogP contribution in [0.4, 0.5) is 40.8 Å². The zero-order chi connectivity index (χ0) is 39.8. The summed E-state index contributed by atoms with van der Waals surface area (Å²) in [6.07, 6.45) is -5.16. The predicted molar refractivity (Wildman–Crippen MR) is 190 cm³/mol. The van der Waals surface area contributed by atoms with Crippen molar-refractivity contribution in [3.8, 4) is 11.8 Å². The Labute approximate surface area is 315 Å². The predicted octanol–water partition coefficient (Wildman–Crippen LogP) is 5.33. The number of anilines is 4. The number of nitrogens with one attached hydrogen (secondary N) is 5. The van der Waals surface area contributed by atoms with E-state index < -0.39 is 60.4 Å². The van der Waals surface area contributed by atoms with Gasteiger partial charge in [0, 0.05) is 41.5 Å². The molecule has 3 aromatic carbocycles. The van der Waals surface area contributed by atoms with Crippen LogP contribution in [0.5, 0.6) is 11.8 Å². The summed E-state index contributed by atoms with van der Waals surface area (Å²) in [5.74, 6) is -4.45. The molecule has 290 valence electrons. The number of carbonyl (C=O) groups is 4. The number of carbonyl (C=O) groups excluding carboxylic acids is 3.